The highest BCUT2D eigenvalue weighted by Crippen LogP contribution is 2.20. The molecular formula is C19H17NO3. The maximum atomic E-state index is 12.0. The van der Waals surface area contributed by atoms with Crippen LogP contribution in [0.15, 0.2) is 65.3 Å². The molecule has 0 bridgehead atoms. The van der Waals surface area contributed by atoms with Crippen molar-refractivity contribution in [3.05, 3.63) is 71.4 Å². The summed E-state index contributed by atoms with van der Waals surface area (Å²) in [5, 5.41) is 0. The first-order chi connectivity index (χ1) is 11.2. The first-order valence-electron chi connectivity index (χ1n) is 7.53. The van der Waals surface area contributed by atoms with Crippen LogP contribution in [0.2, 0.25) is 0 Å². The van der Waals surface area contributed by atoms with E-state index in [1.165, 1.54) is 0 Å². The Balaban J connectivity index is 1.79. The van der Waals surface area contributed by atoms with Crippen LogP contribution in [0.5, 0.6) is 5.75 Å². The lowest BCUT2D eigenvalue weighted by atomic mass is 10.1. The van der Waals surface area contributed by atoms with E-state index < -0.39 is 5.97 Å². The third-order valence-corrected chi connectivity index (χ3v) is 3.34. The van der Waals surface area contributed by atoms with Crippen molar-refractivity contribution < 1.29 is 14.3 Å². The zero-order valence-electron chi connectivity index (χ0n) is 12.9. The van der Waals surface area contributed by atoms with Crippen LogP contribution in [0.25, 0.3) is 6.08 Å². The highest BCUT2D eigenvalue weighted by molar-refractivity contribution is 6.07. The van der Waals surface area contributed by atoms with Crippen LogP contribution in [-0.4, -0.2) is 18.5 Å². The van der Waals surface area contributed by atoms with Crippen LogP contribution in [-0.2, 0) is 16.0 Å². The minimum Gasteiger partial charge on any atom is -0.494 e. The maximum absolute atomic E-state index is 12.0. The van der Waals surface area contributed by atoms with Gasteiger partial charge in [-0.05, 0) is 36.3 Å². The second-order valence-corrected chi connectivity index (χ2v) is 5.09. The second kappa shape index (κ2) is 6.92. The fraction of sp³-hybridized carbons (Fsp3) is 0.158. The molecule has 0 saturated heterocycles. The number of carbonyl (C=O) groups excluding carboxylic acids is 1. The van der Waals surface area contributed by atoms with Crippen molar-refractivity contribution >= 4 is 17.9 Å². The van der Waals surface area contributed by atoms with Crippen molar-refractivity contribution in [2.75, 3.05) is 6.61 Å². The molecule has 1 aliphatic heterocycles. The second-order valence-electron chi connectivity index (χ2n) is 5.09. The largest absolute Gasteiger partial charge is 0.494 e. The number of carbonyl (C=O) groups is 1. The van der Waals surface area contributed by atoms with Gasteiger partial charge in [0.05, 0.1) is 6.61 Å². The van der Waals surface area contributed by atoms with E-state index >= 15 is 0 Å². The fourth-order valence-corrected chi connectivity index (χ4v) is 2.32. The quantitative estimate of drug-likeness (QED) is 0.626. The molecule has 4 heteroatoms. The summed E-state index contributed by atoms with van der Waals surface area (Å²) in [4.78, 5) is 16.3. The highest BCUT2D eigenvalue weighted by atomic mass is 16.6. The SMILES string of the molecule is CCOc1cccc(/C=C2/N=C(Cc3ccccc3)OC2=O)c1. The first-order valence-corrected chi connectivity index (χ1v) is 7.53. The predicted molar refractivity (Wildman–Crippen MR) is 89.3 cm³/mol. The molecule has 116 valence electrons. The number of nitrogens with zero attached hydrogens (tertiary/aromatic N) is 1. The van der Waals surface area contributed by atoms with Crippen molar-refractivity contribution in [1.29, 1.82) is 0 Å². The lowest BCUT2D eigenvalue weighted by Gasteiger charge is -2.03. The van der Waals surface area contributed by atoms with E-state index in [1.807, 2.05) is 61.5 Å². The summed E-state index contributed by atoms with van der Waals surface area (Å²) < 4.78 is 10.7. The van der Waals surface area contributed by atoms with Crippen LogP contribution in [0.3, 0.4) is 0 Å². The molecule has 0 spiro atoms. The third-order valence-electron chi connectivity index (χ3n) is 3.34. The van der Waals surface area contributed by atoms with E-state index in [0.717, 1.165) is 16.9 Å². The number of ether oxygens (including phenoxy) is 2. The molecule has 0 aliphatic carbocycles. The van der Waals surface area contributed by atoms with Crippen LogP contribution in [0, 0.1) is 0 Å². The van der Waals surface area contributed by atoms with Gasteiger partial charge in [-0.2, -0.15) is 0 Å². The Labute approximate surface area is 135 Å². The molecule has 0 amide bonds. The van der Waals surface area contributed by atoms with E-state index in [1.54, 1.807) is 6.08 Å². The average molecular weight is 307 g/mol. The molecule has 1 aliphatic rings. The van der Waals surface area contributed by atoms with E-state index in [2.05, 4.69) is 4.99 Å². The molecule has 0 aromatic heterocycles. The molecule has 2 aromatic rings. The Hall–Kier alpha value is -2.88. The molecule has 4 nitrogen and oxygen atoms in total. The highest BCUT2D eigenvalue weighted by Gasteiger charge is 2.22. The van der Waals surface area contributed by atoms with E-state index in [0.29, 0.717) is 24.6 Å². The smallest absolute Gasteiger partial charge is 0.363 e. The number of hydrogen-bond donors (Lipinski definition) is 0. The summed E-state index contributed by atoms with van der Waals surface area (Å²) in [7, 11) is 0. The van der Waals surface area contributed by atoms with Gasteiger partial charge in [0.25, 0.3) is 0 Å². The van der Waals surface area contributed by atoms with Gasteiger partial charge in [0.1, 0.15) is 5.75 Å². The number of hydrogen-bond acceptors (Lipinski definition) is 4. The van der Waals surface area contributed by atoms with Gasteiger partial charge >= 0.3 is 5.97 Å². The van der Waals surface area contributed by atoms with Crippen LogP contribution < -0.4 is 4.74 Å². The van der Waals surface area contributed by atoms with Gasteiger partial charge in [0.15, 0.2) is 5.70 Å². The van der Waals surface area contributed by atoms with Crippen molar-refractivity contribution in [2.24, 2.45) is 4.99 Å². The van der Waals surface area contributed by atoms with Crippen LogP contribution in [0.1, 0.15) is 18.1 Å². The number of esters is 1. The zero-order chi connectivity index (χ0) is 16.1. The van der Waals surface area contributed by atoms with Gasteiger partial charge < -0.3 is 9.47 Å². The average Bonchev–Trinajstić information content (AvgIpc) is 2.88. The van der Waals surface area contributed by atoms with E-state index in [-0.39, 0.29) is 0 Å². The summed E-state index contributed by atoms with van der Waals surface area (Å²) in [5.41, 5.74) is 2.22. The van der Waals surface area contributed by atoms with Gasteiger partial charge in [0, 0.05) is 6.42 Å². The van der Waals surface area contributed by atoms with Crippen LogP contribution in [0.4, 0.5) is 0 Å². The molecule has 23 heavy (non-hydrogen) atoms. The van der Waals surface area contributed by atoms with Gasteiger partial charge in [-0.3, -0.25) is 0 Å². The Kier molecular flexibility index (Phi) is 4.52. The van der Waals surface area contributed by atoms with Crippen molar-refractivity contribution in [3.8, 4) is 5.75 Å². The minimum atomic E-state index is -0.419. The Bertz CT molecular complexity index is 763. The summed E-state index contributed by atoms with van der Waals surface area (Å²) in [6.45, 7) is 2.53. The molecule has 3 rings (SSSR count). The summed E-state index contributed by atoms with van der Waals surface area (Å²) >= 11 is 0. The number of rotatable bonds is 5. The standard InChI is InChI=1S/C19H17NO3/c1-2-22-16-10-6-9-15(11-16)12-17-19(21)23-18(20-17)13-14-7-4-3-5-8-14/h3-12H,2,13H2,1H3/b17-12+. The predicted octanol–water partition coefficient (Wildman–Crippen LogP) is 3.62. The monoisotopic (exact) mass is 307 g/mol. The van der Waals surface area contributed by atoms with E-state index in [9.17, 15) is 4.79 Å². The van der Waals surface area contributed by atoms with Crippen LogP contribution >= 0.6 is 0 Å². The fourth-order valence-electron chi connectivity index (χ4n) is 2.32. The van der Waals surface area contributed by atoms with Crippen molar-refractivity contribution in [3.63, 3.8) is 0 Å². The third kappa shape index (κ3) is 3.86. The van der Waals surface area contributed by atoms with Gasteiger partial charge in [-0.25, -0.2) is 9.79 Å². The summed E-state index contributed by atoms with van der Waals surface area (Å²) in [6.07, 6.45) is 2.21. The topological polar surface area (TPSA) is 47.9 Å². The molecule has 0 fully saturated rings. The maximum Gasteiger partial charge on any atom is 0.363 e. The lowest BCUT2D eigenvalue weighted by Crippen LogP contribution is -2.06. The Morgan fingerprint density at radius 3 is 2.74 bits per heavy atom. The molecule has 0 N–H and O–H groups in total. The number of benzene rings is 2. The Morgan fingerprint density at radius 1 is 1.13 bits per heavy atom. The lowest BCUT2D eigenvalue weighted by molar-refractivity contribution is -0.130. The molecule has 0 radical (unpaired) electrons. The zero-order valence-corrected chi connectivity index (χ0v) is 12.9. The Morgan fingerprint density at radius 2 is 1.96 bits per heavy atom. The number of aliphatic imine (C=N–C) groups is 1. The number of cyclic esters (lactones) is 1. The molecule has 1 heterocycles. The van der Waals surface area contributed by atoms with Gasteiger partial charge in [0.2, 0.25) is 5.90 Å². The summed E-state index contributed by atoms with van der Waals surface area (Å²) in [5.74, 6) is 0.771. The van der Waals surface area contributed by atoms with E-state index in [4.69, 9.17) is 9.47 Å². The van der Waals surface area contributed by atoms with Crippen molar-refractivity contribution in [2.45, 2.75) is 13.3 Å². The molecular weight excluding hydrogens is 290 g/mol. The van der Waals surface area contributed by atoms with Crippen molar-refractivity contribution in [1.82, 2.24) is 0 Å². The first kappa shape index (κ1) is 15.0. The van der Waals surface area contributed by atoms with Gasteiger partial charge in [-0.15, -0.1) is 0 Å². The molecule has 0 unspecified atom stereocenters. The van der Waals surface area contributed by atoms with Gasteiger partial charge in [-0.1, -0.05) is 42.5 Å². The summed E-state index contributed by atoms with van der Waals surface area (Å²) in [6, 6.07) is 17.3. The minimum absolute atomic E-state index is 0.310. The molecule has 0 saturated carbocycles. The normalized spacial score (nSPS) is 15.4. The molecule has 2 aromatic carbocycles. The molecule has 0 atom stereocenters.